The van der Waals surface area contributed by atoms with Gasteiger partial charge in [-0.1, -0.05) is 36.4 Å². The first kappa shape index (κ1) is 18.3. The quantitative estimate of drug-likeness (QED) is 0.659. The van der Waals surface area contributed by atoms with Crippen molar-refractivity contribution in [3.8, 4) is 11.4 Å². The minimum atomic E-state index is -3.26. The van der Waals surface area contributed by atoms with Crippen molar-refractivity contribution in [1.29, 1.82) is 0 Å². The first-order valence-corrected chi connectivity index (χ1v) is 11.5. The summed E-state index contributed by atoms with van der Waals surface area (Å²) in [6, 6.07) is 13.8. The van der Waals surface area contributed by atoms with Gasteiger partial charge in [0.1, 0.15) is 5.82 Å². The van der Waals surface area contributed by atoms with Crippen LogP contribution in [0.15, 0.2) is 47.8 Å². The zero-order valence-corrected chi connectivity index (χ0v) is 16.5. The molecule has 0 aliphatic carbocycles. The fourth-order valence-corrected chi connectivity index (χ4v) is 5.00. The topological polar surface area (TPSA) is 91.0 Å². The molecule has 3 aromatic rings. The standard InChI is InChI=1S/C18H21N5O2S2/c1-27(24,25)22-14-10-16(23(11-14)12-15-8-5-9-26-15)18-19-17(20-21-18)13-6-3-2-4-7-13/h2-9,14,16,22H,10-12H2,1H3,(H,19,20,21)/t14-,16-/m0/s1. The number of H-pyrrole nitrogens is 1. The van der Waals surface area contributed by atoms with Crippen molar-refractivity contribution in [3.63, 3.8) is 0 Å². The van der Waals surface area contributed by atoms with Crippen LogP contribution in [0.5, 0.6) is 0 Å². The molecule has 2 N–H and O–H groups in total. The average Bonchev–Trinajstić information content (AvgIpc) is 3.36. The number of rotatable bonds is 6. The highest BCUT2D eigenvalue weighted by Crippen LogP contribution is 2.33. The van der Waals surface area contributed by atoms with Crippen LogP contribution in [0.3, 0.4) is 0 Å². The van der Waals surface area contributed by atoms with E-state index in [1.807, 2.05) is 36.4 Å². The molecule has 2 aromatic heterocycles. The van der Waals surface area contributed by atoms with E-state index in [1.54, 1.807) is 11.3 Å². The molecule has 2 atom stereocenters. The summed E-state index contributed by atoms with van der Waals surface area (Å²) in [5.41, 5.74) is 0.952. The van der Waals surface area contributed by atoms with E-state index >= 15 is 0 Å². The largest absolute Gasteiger partial charge is 0.287 e. The van der Waals surface area contributed by atoms with E-state index in [4.69, 9.17) is 4.98 Å². The molecule has 1 saturated heterocycles. The molecule has 1 fully saturated rings. The summed E-state index contributed by atoms with van der Waals surface area (Å²) in [4.78, 5) is 8.18. The monoisotopic (exact) mass is 403 g/mol. The van der Waals surface area contributed by atoms with Crippen molar-refractivity contribution < 1.29 is 8.42 Å². The summed E-state index contributed by atoms with van der Waals surface area (Å²) in [7, 11) is -3.26. The first-order valence-electron chi connectivity index (χ1n) is 8.69. The Morgan fingerprint density at radius 3 is 2.78 bits per heavy atom. The number of thiophene rings is 1. The number of aromatic nitrogens is 3. The molecule has 0 radical (unpaired) electrons. The lowest BCUT2D eigenvalue weighted by atomic mass is 10.1. The maximum Gasteiger partial charge on any atom is 0.208 e. The predicted molar refractivity (Wildman–Crippen MR) is 106 cm³/mol. The lowest BCUT2D eigenvalue weighted by Gasteiger charge is -2.21. The van der Waals surface area contributed by atoms with Crippen molar-refractivity contribution in [2.45, 2.75) is 25.0 Å². The van der Waals surface area contributed by atoms with Crippen LogP contribution < -0.4 is 4.72 Å². The van der Waals surface area contributed by atoms with Crippen LogP contribution in [0.1, 0.15) is 23.2 Å². The normalized spacial score (nSPS) is 20.9. The third-order valence-electron chi connectivity index (χ3n) is 4.57. The van der Waals surface area contributed by atoms with Gasteiger partial charge in [0.2, 0.25) is 10.0 Å². The number of benzene rings is 1. The molecule has 142 valence electrons. The van der Waals surface area contributed by atoms with Crippen molar-refractivity contribution in [1.82, 2.24) is 24.8 Å². The van der Waals surface area contributed by atoms with Gasteiger partial charge in [0, 0.05) is 29.6 Å². The summed E-state index contributed by atoms with van der Waals surface area (Å²) in [6.45, 7) is 1.39. The van der Waals surface area contributed by atoms with Crippen LogP contribution in [-0.4, -0.2) is 47.3 Å². The van der Waals surface area contributed by atoms with E-state index in [0.717, 1.165) is 17.9 Å². The molecule has 0 bridgehead atoms. The molecule has 4 rings (SSSR count). The van der Waals surface area contributed by atoms with E-state index in [2.05, 4.69) is 31.3 Å². The Kier molecular flexibility index (Phi) is 5.09. The van der Waals surface area contributed by atoms with E-state index in [1.165, 1.54) is 11.1 Å². The number of aromatic amines is 1. The first-order chi connectivity index (χ1) is 13.0. The van der Waals surface area contributed by atoms with Crippen LogP contribution >= 0.6 is 11.3 Å². The Labute approximate surface area is 162 Å². The number of hydrogen-bond donors (Lipinski definition) is 2. The summed E-state index contributed by atoms with van der Waals surface area (Å²) in [5, 5.41) is 9.48. The highest BCUT2D eigenvalue weighted by atomic mass is 32.2. The molecule has 27 heavy (non-hydrogen) atoms. The summed E-state index contributed by atoms with van der Waals surface area (Å²) in [6.07, 6.45) is 1.85. The van der Waals surface area contributed by atoms with Gasteiger partial charge in [0.05, 0.1) is 12.3 Å². The number of sulfonamides is 1. The fourth-order valence-electron chi connectivity index (χ4n) is 3.49. The van der Waals surface area contributed by atoms with Gasteiger partial charge in [-0.2, -0.15) is 5.10 Å². The smallest absolute Gasteiger partial charge is 0.208 e. The predicted octanol–water partition coefficient (Wildman–Crippen LogP) is 2.40. The third-order valence-corrected chi connectivity index (χ3v) is 6.20. The van der Waals surface area contributed by atoms with E-state index < -0.39 is 10.0 Å². The van der Waals surface area contributed by atoms with Gasteiger partial charge < -0.3 is 0 Å². The van der Waals surface area contributed by atoms with Crippen LogP contribution in [0.4, 0.5) is 0 Å². The second kappa shape index (κ2) is 7.51. The highest BCUT2D eigenvalue weighted by Gasteiger charge is 2.36. The second-order valence-corrected chi connectivity index (χ2v) is 9.57. The third kappa shape index (κ3) is 4.44. The van der Waals surface area contributed by atoms with Crippen molar-refractivity contribution in [2.75, 3.05) is 12.8 Å². The average molecular weight is 404 g/mol. The molecule has 0 unspecified atom stereocenters. The summed E-state index contributed by atoms with van der Waals surface area (Å²) >= 11 is 1.70. The molecule has 0 saturated carbocycles. The molecule has 7 nitrogen and oxygen atoms in total. The van der Waals surface area contributed by atoms with Gasteiger partial charge in [-0.3, -0.25) is 10.00 Å². The van der Waals surface area contributed by atoms with Gasteiger partial charge in [-0.15, -0.1) is 11.3 Å². The highest BCUT2D eigenvalue weighted by molar-refractivity contribution is 7.88. The van der Waals surface area contributed by atoms with Crippen LogP contribution in [0, 0.1) is 0 Å². The van der Waals surface area contributed by atoms with Gasteiger partial charge in [0.25, 0.3) is 0 Å². The van der Waals surface area contributed by atoms with Crippen LogP contribution in [0.25, 0.3) is 11.4 Å². The van der Waals surface area contributed by atoms with Crippen molar-refractivity contribution in [2.24, 2.45) is 0 Å². The van der Waals surface area contributed by atoms with Gasteiger partial charge in [0.15, 0.2) is 5.82 Å². The zero-order chi connectivity index (χ0) is 18.9. The van der Waals surface area contributed by atoms with E-state index in [9.17, 15) is 8.42 Å². The minimum Gasteiger partial charge on any atom is -0.287 e. The van der Waals surface area contributed by atoms with E-state index in [-0.39, 0.29) is 12.1 Å². The van der Waals surface area contributed by atoms with Gasteiger partial charge in [-0.25, -0.2) is 18.1 Å². The molecule has 3 heterocycles. The number of likely N-dealkylation sites (tertiary alicyclic amines) is 1. The van der Waals surface area contributed by atoms with Crippen LogP contribution in [-0.2, 0) is 16.6 Å². The molecular formula is C18H21N5O2S2. The number of nitrogens with zero attached hydrogens (tertiary/aromatic N) is 3. The van der Waals surface area contributed by atoms with Gasteiger partial charge >= 0.3 is 0 Å². The van der Waals surface area contributed by atoms with Gasteiger partial charge in [-0.05, 0) is 17.9 Å². The molecule has 9 heteroatoms. The Morgan fingerprint density at radius 1 is 1.26 bits per heavy atom. The lowest BCUT2D eigenvalue weighted by molar-refractivity contribution is 0.241. The number of nitrogens with one attached hydrogen (secondary N) is 2. The summed E-state index contributed by atoms with van der Waals surface area (Å²) < 4.78 is 26.1. The van der Waals surface area contributed by atoms with Crippen molar-refractivity contribution >= 4 is 21.4 Å². The maximum absolute atomic E-state index is 11.7. The maximum atomic E-state index is 11.7. The molecule has 1 aromatic carbocycles. The lowest BCUT2D eigenvalue weighted by Crippen LogP contribution is -2.36. The zero-order valence-electron chi connectivity index (χ0n) is 14.9. The fraction of sp³-hybridized carbons (Fsp3) is 0.333. The molecule has 0 spiro atoms. The summed E-state index contributed by atoms with van der Waals surface area (Å²) in [5.74, 6) is 1.42. The molecule has 0 amide bonds. The molecule has 1 aliphatic heterocycles. The SMILES string of the molecule is CS(=O)(=O)N[C@H]1C[C@@H](c2nc(-c3ccccc3)n[nH]2)N(Cc2cccs2)C1. The van der Waals surface area contributed by atoms with Crippen molar-refractivity contribution in [3.05, 3.63) is 58.5 Å². The number of hydrogen-bond acceptors (Lipinski definition) is 6. The minimum absolute atomic E-state index is 0.0173. The van der Waals surface area contributed by atoms with E-state index in [0.29, 0.717) is 18.8 Å². The Balaban J connectivity index is 1.58. The molecule has 1 aliphatic rings. The Bertz CT molecular complexity index is 986. The second-order valence-electron chi connectivity index (χ2n) is 6.76. The Morgan fingerprint density at radius 2 is 2.07 bits per heavy atom. The van der Waals surface area contributed by atoms with Crippen LogP contribution in [0.2, 0.25) is 0 Å². The Hall–Kier alpha value is -2.07. The molecular weight excluding hydrogens is 382 g/mol.